The third-order valence-corrected chi connectivity index (χ3v) is 4.73. The van der Waals surface area contributed by atoms with Crippen LogP contribution < -0.4 is 0 Å². The number of carbonyl (C=O) groups excluding carboxylic acids is 1. The van der Waals surface area contributed by atoms with Crippen LogP contribution in [0, 0.1) is 5.92 Å². The molecule has 4 nitrogen and oxygen atoms in total. The van der Waals surface area contributed by atoms with Gasteiger partial charge in [0.05, 0.1) is 0 Å². The second-order valence-electron chi connectivity index (χ2n) is 7.05. The first kappa shape index (κ1) is 20.0. The van der Waals surface area contributed by atoms with Crippen LogP contribution in [0.5, 0.6) is 5.75 Å². The van der Waals surface area contributed by atoms with Crippen molar-refractivity contribution in [3.05, 3.63) is 65.7 Å². The first-order valence-corrected chi connectivity index (χ1v) is 9.08. The second-order valence-corrected chi connectivity index (χ2v) is 7.05. The highest BCUT2D eigenvalue weighted by Gasteiger charge is 2.42. The average Bonchev–Trinajstić information content (AvgIpc) is 2.62. The third-order valence-electron chi connectivity index (χ3n) is 4.73. The molecule has 0 fully saturated rings. The zero-order chi connectivity index (χ0) is 19.2. The number of para-hydroxylation sites is 1. The fraction of sp³-hybridized carbons (Fsp3) is 0.409. The van der Waals surface area contributed by atoms with Crippen LogP contribution in [0.25, 0.3) is 0 Å². The fourth-order valence-electron chi connectivity index (χ4n) is 3.39. The van der Waals surface area contributed by atoms with Gasteiger partial charge in [-0.2, -0.15) is 0 Å². The van der Waals surface area contributed by atoms with Crippen molar-refractivity contribution in [2.24, 2.45) is 5.92 Å². The van der Waals surface area contributed by atoms with Crippen LogP contribution in [-0.2, 0) is 21.6 Å². The number of rotatable bonds is 8. The van der Waals surface area contributed by atoms with Gasteiger partial charge in [0, 0.05) is 25.3 Å². The van der Waals surface area contributed by atoms with Crippen LogP contribution in [0.4, 0.5) is 0 Å². The van der Waals surface area contributed by atoms with Gasteiger partial charge < -0.3 is 14.7 Å². The Kier molecular flexibility index (Phi) is 6.81. The van der Waals surface area contributed by atoms with Crippen LogP contribution in [-0.4, -0.2) is 36.6 Å². The maximum Gasteiger partial charge on any atom is 0.306 e. The van der Waals surface area contributed by atoms with Gasteiger partial charge in [0.15, 0.2) is 0 Å². The van der Waals surface area contributed by atoms with E-state index in [1.807, 2.05) is 56.6 Å². The Hall–Kier alpha value is -2.33. The zero-order valence-corrected chi connectivity index (χ0v) is 16.1. The summed E-state index contributed by atoms with van der Waals surface area (Å²) in [7, 11) is 4.02. The number of phenolic OH excluding ortho intramolecular Hbond substituents is 1. The van der Waals surface area contributed by atoms with Gasteiger partial charge in [0.25, 0.3) is 0 Å². The normalized spacial score (nSPS) is 14.7. The van der Waals surface area contributed by atoms with Crippen molar-refractivity contribution in [3.63, 3.8) is 0 Å². The van der Waals surface area contributed by atoms with Gasteiger partial charge in [-0.1, -0.05) is 62.4 Å². The summed E-state index contributed by atoms with van der Waals surface area (Å²) < 4.78 is 6.12. The monoisotopic (exact) mass is 355 g/mol. The Balaban J connectivity index is 2.58. The number of hydrogen-bond donors (Lipinski definition) is 1. The molecule has 0 radical (unpaired) electrons. The Morgan fingerprint density at radius 1 is 1.12 bits per heavy atom. The summed E-state index contributed by atoms with van der Waals surface area (Å²) >= 11 is 0. The lowest BCUT2D eigenvalue weighted by atomic mass is 9.77. The minimum atomic E-state index is -0.850. The Bertz CT molecular complexity index is 714. The topological polar surface area (TPSA) is 49.8 Å². The molecule has 2 aromatic rings. The van der Waals surface area contributed by atoms with E-state index >= 15 is 0 Å². The minimum Gasteiger partial charge on any atom is -0.508 e. The predicted molar refractivity (Wildman–Crippen MR) is 104 cm³/mol. The number of esters is 1. The van der Waals surface area contributed by atoms with Gasteiger partial charge in [-0.15, -0.1) is 0 Å². The van der Waals surface area contributed by atoms with E-state index in [-0.39, 0.29) is 17.6 Å². The van der Waals surface area contributed by atoms with E-state index in [2.05, 4.69) is 11.8 Å². The molecule has 0 aliphatic carbocycles. The molecule has 4 heteroatoms. The number of ether oxygens (including phenoxy) is 1. The molecule has 2 rings (SSSR count). The summed E-state index contributed by atoms with van der Waals surface area (Å²) in [6.45, 7) is 4.64. The highest BCUT2D eigenvalue weighted by Crippen LogP contribution is 2.40. The molecule has 2 atom stereocenters. The molecule has 26 heavy (non-hydrogen) atoms. The maximum absolute atomic E-state index is 12.4. The van der Waals surface area contributed by atoms with Crippen LogP contribution in [0.2, 0.25) is 0 Å². The van der Waals surface area contributed by atoms with Gasteiger partial charge in [-0.05, 0) is 31.3 Å². The summed E-state index contributed by atoms with van der Waals surface area (Å²) in [4.78, 5) is 14.5. The Morgan fingerprint density at radius 2 is 1.73 bits per heavy atom. The Labute approximate surface area is 156 Å². The van der Waals surface area contributed by atoms with Crippen molar-refractivity contribution >= 4 is 5.97 Å². The van der Waals surface area contributed by atoms with Gasteiger partial charge in [-0.3, -0.25) is 4.79 Å². The number of carbonyl (C=O) groups is 1. The van der Waals surface area contributed by atoms with Gasteiger partial charge in [-0.25, -0.2) is 0 Å². The molecular formula is C22H29NO3. The quantitative estimate of drug-likeness (QED) is 0.728. The molecule has 0 aliphatic rings. The largest absolute Gasteiger partial charge is 0.508 e. The van der Waals surface area contributed by atoms with E-state index in [4.69, 9.17) is 4.74 Å². The fourth-order valence-corrected chi connectivity index (χ4v) is 3.39. The number of aromatic hydroxyl groups is 1. The Morgan fingerprint density at radius 3 is 2.31 bits per heavy atom. The molecule has 140 valence electrons. The lowest BCUT2D eigenvalue weighted by molar-refractivity contribution is -0.168. The van der Waals surface area contributed by atoms with Gasteiger partial charge >= 0.3 is 5.97 Å². The highest BCUT2D eigenvalue weighted by atomic mass is 16.6. The summed E-state index contributed by atoms with van der Waals surface area (Å²) in [6.07, 6.45) is 0.731. The third kappa shape index (κ3) is 4.64. The lowest BCUT2D eigenvalue weighted by Crippen LogP contribution is -2.44. The van der Waals surface area contributed by atoms with Crippen LogP contribution in [0.15, 0.2) is 54.6 Å². The van der Waals surface area contributed by atoms with Crippen molar-refractivity contribution in [2.75, 3.05) is 20.6 Å². The van der Waals surface area contributed by atoms with Crippen LogP contribution >= 0.6 is 0 Å². The summed E-state index contributed by atoms with van der Waals surface area (Å²) in [5.74, 6) is 0.00212. The smallest absolute Gasteiger partial charge is 0.306 e. The number of phenols is 1. The van der Waals surface area contributed by atoms with Crippen molar-refractivity contribution in [1.82, 2.24) is 4.90 Å². The maximum atomic E-state index is 12.4. The first-order chi connectivity index (χ1) is 12.4. The van der Waals surface area contributed by atoms with E-state index < -0.39 is 5.60 Å². The molecule has 0 amide bonds. The molecule has 2 unspecified atom stereocenters. The van der Waals surface area contributed by atoms with E-state index in [0.29, 0.717) is 12.8 Å². The van der Waals surface area contributed by atoms with E-state index in [0.717, 1.165) is 17.7 Å². The summed E-state index contributed by atoms with van der Waals surface area (Å²) in [5.41, 5.74) is 0.863. The van der Waals surface area contributed by atoms with E-state index in [1.54, 1.807) is 19.1 Å². The molecule has 0 heterocycles. The molecule has 0 saturated heterocycles. The average molecular weight is 355 g/mol. The van der Waals surface area contributed by atoms with Crippen LogP contribution in [0.1, 0.15) is 31.4 Å². The molecular weight excluding hydrogens is 326 g/mol. The molecule has 0 aromatic heterocycles. The van der Waals surface area contributed by atoms with Crippen molar-refractivity contribution in [1.29, 1.82) is 0 Å². The molecule has 0 aliphatic heterocycles. The van der Waals surface area contributed by atoms with Gasteiger partial charge in [0.1, 0.15) is 11.4 Å². The number of nitrogens with zero attached hydrogens (tertiary/aromatic N) is 1. The van der Waals surface area contributed by atoms with Crippen LogP contribution in [0.3, 0.4) is 0 Å². The minimum absolute atomic E-state index is 0.0232. The number of benzene rings is 2. The number of hydrogen-bond acceptors (Lipinski definition) is 4. The molecule has 0 spiro atoms. The predicted octanol–water partition coefficient (Wildman–Crippen LogP) is 3.98. The lowest BCUT2D eigenvalue weighted by Gasteiger charge is -2.40. The summed E-state index contributed by atoms with van der Waals surface area (Å²) in [5, 5.41) is 10.3. The second kappa shape index (κ2) is 8.86. The molecule has 0 bridgehead atoms. The SMILES string of the molecule is CCC(=O)OC(Cc1ccccc1O)(c1ccccc1)C(C)CN(C)C. The zero-order valence-electron chi connectivity index (χ0n) is 16.1. The summed E-state index contributed by atoms with van der Waals surface area (Å²) in [6, 6.07) is 17.1. The first-order valence-electron chi connectivity index (χ1n) is 9.08. The van der Waals surface area contributed by atoms with Crippen molar-refractivity contribution in [3.8, 4) is 5.75 Å². The molecule has 2 aromatic carbocycles. The van der Waals surface area contributed by atoms with E-state index in [1.165, 1.54) is 0 Å². The highest BCUT2D eigenvalue weighted by molar-refractivity contribution is 5.70. The van der Waals surface area contributed by atoms with Crippen molar-refractivity contribution < 1.29 is 14.6 Å². The van der Waals surface area contributed by atoms with Crippen molar-refractivity contribution in [2.45, 2.75) is 32.3 Å². The van der Waals surface area contributed by atoms with Gasteiger partial charge in [0.2, 0.25) is 0 Å². The molecule has 0 saturated carbocycles. The molecule has 1 N–H and O–H groups in total. The standard InChI is InChI=1S/C22H29NO3/c1-5-21(25)26-22(17(2)16-23(3)4,19-12-7-6-8-13-19)15-18-11-9-10-14-20(18)24/h6-14,17,24H,5,15-16H2,1-4H3. The van der Waals surface area contributed by atoms with E-state index in [9.17, 15) is 9.90 Å².